The van der Waals surface area contributed by atoms with E-state index < -0.39 is 5.60 Å². The van der Waals surface area contributed by atoms with Crippen molar-refractivity contribution in [3.05, 3.63) is 11.8 Å². The van der Waals surface area contributed by atoms with Gasteiger partial charge in [-0.3, -0.25) is 0 Å². The molecule has 6 heteroatoms. The number of rotatable bonds is 7. The van der Waals surface area contributed by atoms with Gasteiger partial charge in [-0.25, -0.2) is 0 Å². The maximum absolute atomic E-state index is 9.92. The summed E-state index contributed by atoms with van der Waals surface area (Å²) in [4.78, 5) is 0. The third-order valence-corrected chi connectivity index (χ3v) is 2.19. The minimum Gasteiger partial charge on any atom is -0.424 e. The molecule has 1 unspecified atom stereocenters. The number of nitrogens with zero attached hydrogens (tertiary/aromatic N) is 2. The molecule has 1 atom stereocenters. The third kappa shape index (κ3) is 4.69. The second kappa shape index (κ2) is 5.93. The molecule has 0 radical (unpaired) electrons. The lowest BCUT2D eigenvalue weighted by Crippen LogP contribution is -2.38. The van der Waals surface area contributed by atoms with Gasteiger partial charge in [-0.2, -0.15) is 0 Å². The molecule has 0 saturated carbocycles. The molecule has 1 aromatic rings. The molecule has 0 aromatic carbocycles. The minimum absolute atomic E-state index is 0.456. The monoisotopic (exact) mass is 229 g/mol. The molecule has 1 rings (SSSR count). The maximum atomic E-state index is 9.92. The first kappa shape index (κ1) is 13.1. The summed E-state index contributed by atoms with van der Waals surface area (Å²) in [5.41, 5.74) is -0.787. The average molecular weight is 229 g/mol. The van der Waals surface area contributed by atoms with E-state index in [-0.39, 0.29) is 0 Å². The van der Waals surface area contributed by atoms with E-state index in [9.17, 15) is 5.11 Å². The highest BCUT2D eigenvalue weighted by atomic mass is 16.5. The van der Waals surface area contributed by atoms with Crippen LogP contribution in [0.15, 0.2) is 4.42 Å². The molecule has 2 N–H and O–H groups in total. The highest BCUT2D eigenvalue weighted by Gasteiger charge is 2.19. The summed E-state index contributed by atoms with van der Waals surface area (Å²) in [5.74, 6) is 1.07. The van der Waals surface area contributed by atoms with Gasteiger partial charge < -0.3 is 19.6 Å². The molecule has 0 aliphatic carbocycles. The number of hydrogen-bond donors (Lipinski definition) is 2. The van der Waals surface area contributed by atoms with Crippen molar-refractivity contribution in [1.29, 1.82) is 0 Å². The molecular weight excluding hydrogens is 210 g/mol. The molecule has 1 heterocycles. The lowest BCUT2D eigenvalue weighted by Gasteiger charge is -2.22. The van der Waals surface area contributed by atoms with Gasteiger partial charge in [0.1, 0.15) is 0 Å². The maximum Gasteiger partial charge on any atom is 0.230 e. The first-order valence-electron chi connectivity index (χ1n) is 5.24. The normalized spacial score (nSPS) is 15.0. The van der Waals surface area contributed by atoms with Crippen LogP contribution < -0.4 is 5.32 Å². The minimum atomic E-state index is -0.787. The van der Waals surface area contributed by atoms with Crippen molar-refractivity contribution in [1.82, 2.24) is 15.5 Å². The standard InChI is InChI=1S/C10H19N3O3/c1-8-12-13-9(16-8)6-11-7-10(2,14)4-5-15-3/h11,14H,4-7H2,1-3H3. The number of aryl methyl sites for hydroxylation is 1. The third-order valence-electron chi connectivity index (χ3n) is 2.19. The Balaban J connectivity index is 2.24. The average Bonchev–Trinajstić information content (AvgIpc) is 2.61. The van der Waals surface area contributed by atoms with Crippen molar-refractivity contribution in [3.8, 4) is 0 Å². The summed E-state index contributed by atoms with van der Waals surface area (Å²) >= 11 is 0. The van der Waals surface area contributed by atoms with Crippen LogP contribution in [0.4, 0.5) is 0 Å². The Labute approximate surface area is 95.0 Å². The molecule has 0 bridgehead atoms. The zero-order valence-electron chi connectivity index (χ0n) is 9.99. The zero-order valence-corrected chi connectivity index (χ0v) is 9.99. The fraction of sp³-hybridized carbons (Fsp3) is 0.800. The summed E-state index contributed by atoms with van der Waals surface area (Å²) in [6.07, 6.45) is 0.583. The Morgan fingerprint density at radius 2 is 2.25 bits per heavy atom. The zero-order chi connectivity index (χ0) is 12.0. The Kier molecular flexibility index (Phi) is 4.85. The second-order valence-corrected chi connectivity index (χ2v) is 4.06. The van der Waals surface area contributed by atoms with E-state index in [1.165, 1.54) is 0 Å². The first-order chi connectivity index (χ1) is 7.53. The van der Waals surface area contributed by atoms with E-state index >= 15 is 0 Å². The first-order valence-corrected chi connectivity index (χ1v) is 5.24. The molecule has 0 fully saturated rings. The smallest absolute Gasteiger partial charge is 0.230 e. The fourth-order valence-corrected chi connectivity index (χ4v) is 1.26. The second-order valence-electron chi connectivity index (χ2n) is 4.06. The van der Waals surface area contributed by atoms with Gasteiger partial charge in [0.15, 0.2) is 0 Å². The van der Waals surface area contributed by atoms with Gasteiger partial charge in [0.25, 0.3) is 0 Å². The summed E-state index contributed by atoms with van der Waals surface area (Å²) in [5, 5.41) is 20.5. The molecule has 16 heavy (non-hydrogen) atoms. The number of nitrogens with one attached hydrogen (secondary N) is 1. The summed E-state index contributed by atoms with van der Waals surface area (Å²) in [6.45, 7) is 4.96. The molecule has 0 saturated heterocycles. The van der Waals surface area contributed by atoms with E-state index in [4.69, 9.17) is 9.15 Å². The Bertz CT molecular complexity index is 312. The van der Waals surface area contributed by atoms with Crippen LogP contribution in [-0.2, 0) is 11.3 Å². The van der Waals surface area contributed by atoms with E-state index in [0.717, 1.165) is 0 Å². The van der Waals surface area contributed by atoms with Crippen LogP contribution in [-0.4, -0.2) is 41.2 Å². The Morgan fingerprint density at radius 1 is 1.50 bits per heavy atom. The Hall–Kier alpha value is -0.980. The predicted octanol–water partition coefficient (Wildman–Crippen LogP) is 0.255. The van der Waals surface area contributed by atoms with E-state index in [0.29, 0.717) is 37.9 Å². The SMILES string of the molecule is COCCC(C)(O)CNCc1nnc(C)o1. The van der Waals surface area contributed by atoms with Gasteiger partial charge in [-0.15, -0.1) is 10.2 Å². The molecule has 0 aliphatic heterocycles. The summed E-state index contributed by atoms with van der Waals surface area (Å²) in [6, 6.07) is 0. The van der Waals surface area contributed by atoms with Crippen molar-refractivity contribution < 1.29 is 14.3 Å². The number of ether oxygens (including phenoxy) is 1. The van der Waals surface area contributed by atoms with Crippen LogP contribution >= 0.6 is 0 Å². The van der Waals surface area contributed by atoms with Crippen LogP contribution in [0.5, 0.6) is 0 Å². The van der Waals surface area contributed by atoms with Gasteiger partial charge in [0.2, 0.25) is 11.8 Å². The number of aliphatic hydroxyl groups is 1. The highest BCUT2D eigenvalue weighted by molar-refractivity contribution is 4.81. The molecule has 92 valence electrons. The van der Waals surface area contributed by atoms with Crippen molar-refractivity contribution in [3.63, 3.8) is 0 Å². The molecular formula is C10H19N3O3. The molecule has 1 aromatic heterocycles. The van der Waals surface area contributed by atoms with Gasteiger partial charge in [-0.05, 0) is 6.92 Å². The van der Waals surface area contributed by atoms with Gasteiger partial charge in [-0.1, -0.05) is 0 Å². The van der Waals surface area contributed by atoms with E-state index in [1.807, 2.05) is 0 Å². The molecule has 0 aliphatic rings. The van der Waals surface area contributed by atoms with Gasteiger partial charge in [0, 0.05) is 33.6 Å². The van der Waals surface area contributed by atoms with E-state index in [1.54, 1.807) is 21.0 Å². The fourth-order valence-electron chi connectivity index (χ4n) is 1.26. The van der Waals surface area contributed by atoms with E-state index in [2.05, 4.69) is 15.5 Å². The lowest BCUT2D eigenvalue weighted by atomic mass is 10.0. The van der Waals surface area contributed by atoms with Crippen molar-refractivity contribution >= 4 is 0 Å². The molecule has 0 spiro atoms. The van der Waals surface area contributed by atoms with Crippen LogP contribution in [0.2, 0.25) is 0 Å². The molecule has 0 amide bonds. The highest BCUT2D eigenvalue weighted by Crippen LogP contribution is 2.07. The quantitative estimate of drug-likeness (QED) is 0.698. The topological polar surface area (TPSA) is 80.4 Å². The largest absolute Gasteiger partial charge is 0.424 e. The van der Waals surface area contributed by atoms with Crippen LogP contribution in [0, 0.1) is 6.92 Å². The van der Waals surface area contributed by atoms with Gasteiger partial charge >= 0.3 is 0 Å². The number of hydrogen-bond acceptors (Lipinski definition) is 6. The number of methoxy groups -OCH3 is 1. The summed E-state index contributed by atoms with van der Waals surface area (Å²) < 4.78 is 10.1. The number of aromatic nitrogens is 2. The predicted molar refractivity (Wildman–Crippen MR) is 57.9 cm³/mol. The van der Waals surface area contributed by atoms with Crippen molar-refractivity contribution in [2.75, 3.05) is 20.3 Å². The van der Waals surface area contributed by atoms with Crippen LogP contribution in [0.1, 0.15) is 25.1 Å². The van der Waals surface area contributed by atoms with Crippen LogP contribution in [0.25, 0.3) is 0 Å². The summed E-state index contributed by atoms with van der Waals surface area (Å²) in [7, 11) is 1.62. The Morgan fingerprint density at radius 3 is 2.81 bits per heavy atom. The van der Waals surface area contributed by atoms with Crippen molar-refractivity contribution in [2.24, 2.45) is 0 Å². The molecule has 6 nitrogen and oxygen atoms in total. The van der Waals surface area contributed by atoms with Crippen LogP contribution in [0.3, 0.4) is 0 Å². The lowest BCUT2D eigenvalue weighted by molar-refractivity contribution is 0.0244. The van der Waals surface area contributed by atoms with Gasteiger partial charge in [0.05, 0.1) is 12.1 Å². The van der Waals surface area contributed by atoms with Crippen molar-refractivity contribution in [2.45, 2.75) is 32.4 Å².